The van der Waals surface area contributed by atoms with Gasteiger partial charge in [-0.25, -0.2) is 9.97 Å². The summed E-state index contributed by atoms with van der Waals surface area (Å²) in [5.41, 5.74) is 4.78. The summed E-state index contributed by atoms with van der Waals surface area (Å²) in [6.07, 6.45) is 6.90. The highest BCUT2D eigenvalue weighted by molar-refractivity contribution is 6.30. The molecule has 124 valence electrons. The number of aromatic nitrogens is 2. The van der Waals surface area contributed by atoms with Crippen LogP contribution in [0.25, 0.3) is 12.2 Å². The number of benzene rings is 2. The van der Waals surface area contributed by atoms with Crippen molar-refractivity contribution in [2.75, 3.05) is 11.4 Å². The molecule has 4 heteroatoms. The second-order valence-corrected chi connectivity index (χ2v) is 6.54. The molecule has 0 amide bonds. The van der Waals surface area contributed by atoms with Gasteiger partial charge in [0.05, 0.1) is 5.69 Å². The van der Waals surface area contributed by atoms with E-state index in [0.29, 0.717) is 0 Å². The fraction of sp³-hybridized carbons (Fsp3) is 0.143. The van der Waals surface area contributed by atoms with Crippen LogP contribution in [0.1, 0.15) is 22.4 Å². The first-order valence-electron chi connectivity index (χ1n) is 8.36. The van der Waals surface area contributed by atoms with E-state index in [9.17, 15) is 0 Å². The van der Waals surface area contributed by atoms with Gasteiger partial charge in [0.1, 0.15) is 0 Å². The summed E-state index contributed by atoms with van der Waals surface area (Å²) in [5.74, 6) is 0.785. The minimum Gasteiger partial charge on any atom is -0.336 e. The van der Waals surface area contributed by atoms with Crippen molar-refractivity contribution in [1.29, 1.82) is 0 Å². The van der Waals surface area contributed by atoms with E-state index in [1.165, 1.54) is 11.1 Å². The van der Waals surface area contributed by atoms with E-state index >= 15 is 0 Å². The number of nitrogens with zero attached hydrogens (tertiary/aromatic N) is 3. The molecule has 3 nitrogen and oxygen atoms in total. The average molecular weight is 348 g/mol. The van der Waals surface area contributed by atoms with Crippen LogP contribution in [-0.2, 0) is 13.0 Å². The third-order valence-electron chi connectivity index (χ3n) is 4.39. The molecule has 1 aromatic heterocycles. The number of halogens is 1. The molecule has 0 saturated carbocycles. The SMILES string of the molecule is Clc1ccc(/C=C/c2ccnc(N3CCc4ccccc4C3)n2)cc1. The van der Waals surface area contributed by atoms with Crippen molar-refractivity contribution in [1.82, 2.24) is 9.97 Å². The molecule has 0 N–H and O–H groups in total. The van der Waals surface area contributed by atoms with E-state index in [1.54, 1.807) is 0 Å². The lowest BCUT2D eigenvalue weighted by Gasteiger charge is -2.28. The maximum absolute atomic E-state index is 5.92. The quantitative estimate of drug-likeness (QED) is 0.677. The van der Waals surface area contributed by atoms with E-state index < -0.39 is 0 Å². The van der Waals surface area contributed by atoms with Gasteiger partial charge >= 0.3 is 0 Å². The van der Waals surface area contributed by atoms with Crippen LogP contribution in [0.15, 0.2) is 60.8 Å². The molecule has 0 aliphatic carbocycles. The highest BCUT2D eigenvalue weighted by Gasteiger charge is 2.17. The zero-order chi connectivity index (χ0) is 17.1. The molecule has 4 rings (SSSR count). The van der Waals surface area contributed by atoms with Crippen LogP contribution < -0.4 is 4.90 Å². The Labute approximate surface area is 152 Å². The molecule has 0 fully saturated rings. The van der Waals surface area contributed by atoms with Crippen LogP contribution in [0.2, 0.25) is 5.02 Å². The van der Waals surface area contributed by atoms with Crippen LogP contribution >= 0.6 is 11.6 Å². The first-order valence-corrected chi connectivity index (χ1v) is 8.74. The zero-order valence-electron chi connectivity index (χ0n) is 13.8. The number of hydrogen-bond acceptors (Lipinski definition) is 3. The topological polar surface area (TPSA) is 29.0 Å². The molecule has 0 atom stereocenters. The van der Waals surface area contributed by atoms with Crippen molar-refractivity contribution < 1.29 is 0 Å². The second kappa shape index (κ2) is 7.08. The normalized spacial score (nSPS) is 13.9. The zero-order valence-corrected chi connectivity index (χ0v) is 14.5. The molecule has 0 saturated heterocycles. The van der Waals surface area contributed by atoms with Crippen molar-refractivity contribution >= 4 is 29.7 Å². The lowest BCUT2D eigenvalue weighted by atomic mass is 10.0. The fourth-order valence-electron chi connectivity index (χ4n) is 3.03. The van der Waals surface area contributed by atoms with Crippen molar-refractivity contribution in [3.8, 4) is 0 Å². The van der Waals surface area contributed by atoms with Gasteiger partial charge in [0, 0.05) is 24.3 Å². The predicted octanol–water partition coefficient (Wildman–Crippen LogP) is 4.86. The molecule has 1 aliphatic heterocycles. The maximum atomic E-state index is 5.92. The van der Waals surface area contributed by atoms with Gasteiger partial charge in [0.15, 0.2) is 0 Å². The van der Waals surface area contributed by atoms with Gasteiger partial charge < -0.3 is 4.90 Å². The van der Waals surface area contributed by atoms with Crippen molar-refractivity contribution in [3.63, 3.8) is 0 Å². The molecule has 0 bridgehead atoms. The minimum atomic E-state index is 0.742. The largest absolute Gasteiger partial charge is 0.336 e. The third-order valence-corrected chi connectivity index (χ3v) is 4.65. The van der Waals surface area contributed by atoms with E-state index in [1.807, 2.05) is 48.7 Å². The Morgan fingerprint density at radius 2 is 1.72 bits per heavy atom. The van der Waals surface area contributed by atoms with Gasteiger partial charge in [-0.05, 0) is 47.4 Å². The number of fused-ring (bicyclic) bond motifs is 1. The molecule has 1 aliphatic rings. The summed E-state index contributed by atoms with van der Waals surface area (Å²) in [7, 11) is 0. The Morgan fingerprint density at radius 3 is 2.56 bits per heavy atom. The summed E-state index contributed by atoms with van der Waals surface area (Å²) >= 11 is 5.92. The average Bonchev–Trinajstić information content (AvgIpc) is 2.67. The predicted molar refractivity (Wildman–Crippen MR) is 104 cm³/mol. The van der Waals surface area contributed by atoms with Gasteiger partial charge in [0.25, 0.3) is 0 Å². The summed E-state index contributed by atoms with van der Waals surface area (Å²) in [4.78, 5) is 11.4. The van der Waals surface area contributed by atoms with E-state index in [4.69, 9.17) is 16.6 Å². The van der Waals surface area contributed by atoms with Crippen LogP contribution in [0.3, 0.4) is 0 Å². The summed E-state index contributed by atoms with van der Waals surface area (Å²) in [6, 6.07) is 18.3. The van der Waals surface area contributed by atoms with Gasteiger partial charge in [-0.2, -0.15) is 0 Å². The fourth-order valence-corrected chi connectivity index (χ4v) is 3.16. The Hall–Kier alpha value is -2.65. The lowest BCUT2D eigenvalue weighted by molar-refractivity contribution is 0.707. The molecule has 25 heavy (non-hydrogen) atoms. The second-order valence-electron chi connectivity index (χ2n) is 6.11. The molecule has 0 unspecified atom stereocenters. The molecule has 0 spiro atoms. The summed E-state index contributed by atoms with van der Waals surface area (Å²) in [5, 5.41) is 0.742. The molecular weight excluding hydrogens is 330 g/mol. The van der Waals surface area contributed by atoms with Crippen molar-refractivity contribution in [2.24, 2.45) is 0 Å². The standard InChI is InChI=1S/C21H18ClN3/c22-19-8-5-16(6-9-19)7-10-20-11-13-23-21(24-20)25-14-12-17-3-1-2-4-18(17)15-25/h1-11,13H,12,14-15H2/b10-7+. The summed E-state index contributed by atoms with van der Waals surface area (Å²) in [6.45, 7) is 1.81. The van der Waals surface area contributed by atoms with Crippen LogP contribution in [0.5, 0.6) is 0 Å². The van der Waals surface area contributed by atoms with Gasteiger partial charge in [0.2, 0.25) is 5.95 Å². The summed E-state index contributed by atoms with van der Waals surface area (Å²) < 4.78 is 0. The number of rotatable bonds is 3. The monoisotopic (exact) mass is 347 g/mol. The lowest BCUT2D eigenvalue weighted by Crippen LogP contribution is -2.31. The maximum Gasteiger partial charge on any atom is 0.226 e. The molecule has 0 radical (unpaired) electrons. The first-order chi connectivity index (χ1) is 12.3. The minimum absolute atomic E-state index is 0.742. The van der Waals surface area contributed by atoms with Crippen LogP contribution in [0.4, 0.5) is 5.95 Å². The van der Waals surface area contributed by atoms with E-state index in [2.05, 4.69) is 34.1 Å². The van der Waals surface area contributed by atoms with E-state index in [-0.39, 0.29) is 0 Å². The smallest absolute Gasteiger partial charge is 0.226 e. The van der Waals surface area contributed by atoms with Gasteiger partial charge in [-0.3, -0.25) is 0 Å². The van der Waals surface area contributed by atoms with Gasteiger partial charge in [-0.15, -0.1) is 0 Å². The number of hydrogen-bond donors (Lipinski definition) is 0. The Kier molecular flexibility index (Phi) is 4.49. The van der Waals surface area contributed by atoms with Crippen LogP contribution in [0, 0.1) is 0 Å². The van der Waals surface area contributed by atoms with Crippen LogP contribution in [-0.4, -0.2) is 16.5 Å². The Balaban J connectivity index is 1.53. The number of anilines is 1. The third kappa shape index (κ3) is 3.72. The van der Waals surface area contributed by atoms with Gasteiger partial charge in [-0.1, -0.05) is 54.1 Å². The highest BCUT2D eigenvalue weighted by atomic mass is 35.5. The van der Waals surface area contributed by atoms with Crippen molar-refractivity contribution in [3.05, 3.63) is 88.2 Å². The molecule has 3 aromatic rings. The first kappa shape index (κ1) is 15.9. The van der Waals surface area contributed by atoms with E-state index in [0.717, 1.165) is 41.7 Å². The molecule has 2 heterocycles. The Bertz CT molecular complexity index is 903. The van der Waals surface area contributed by atoms with Crippen molar-refractivity contribution in [2.45, 2.75) is 13.0 Å². The molecular formula is C21H18ClN3. The highest BCUT2D eigenvalue weighted by Crippen LogP contribution is 2.22. The molecule has 2 aromatic carbocycles. The Morgan fingerprint density at radius 1 is 0.920 bits per heavy atom.